The highest BCUT2D eigenvalue weighted by Crippen LogP contribution is 2.14. The summed E-state index contributed by atoms with van der Waals surface area (Å²) < 4.78 is 22.5. The van der Waals surface area contributed by atoms with Crippen LogP contribution in [0, 0.1) is 5.92 Å². The second kappa shape index (κ2) is 6.72. The predicted molar refractivity (Wildman–Crippen MR) is 85.6 cm³/mol. The van der Waals surface area contributed by atoms with Crippen LogP contribution in [0.3, 0.4) is 0 Å². The summed E-state index contributed by atoms with van der Waals surface area (Å²) in [4.78, 5) is 0. The lowest BCUT2D eigenvalue weighted by atomic mass is 10.0. The number of rotatable bonds is 7. The Kier molecular flexibility index (Phi) is 5.78. The maximum Gasteiger partial charge on any atom is 0.153 e. The van der Waals surface area contributed by atoms with E-state index in [1.807, 2.05) is 0 Å². The molecule has 3 nitrogen and oxygen atoms in total. The van der Waals surface area contributed by atoms with Crippen LogP contribution in [0.4, 0.5) is 0 Å². The third-order valence-electron chi connectivity index (χ3n) is 3.55. The Morgan fingerprint density at radius 2 is 1.60 bits per heavy atom. The summed E-state index contributed by atoms with van der Waals surface area (Å²) >= 11 is 0. The smallest absolute Gasteiger partial charge is 0.153 e. The molecule has 0 spiro atoms. The molecule has 0 radical (unpaired) electrons. The number of benzene rings is 1. The Labute approximate surface area is 123 Å². The fraction of sp³-hybridized carbons (Fsp3) is 0.625. The zero-order valence-electron chi connectivity index (χ0n) is 13.2. The monoisotopic (exact) mass is 297 g/mol. The molecule has 0 aliphatic rings. The summed E-state index contributed by atoms with van der Waals surface area (Å²) in [6.07, 6.45) is 2.38. The van der Waals surface area contributed by atoms with Crippen LogP contribution in [0.25, 0.3) is 0 Å². The maximum absolute atomic E-state index is 11.6. The van der Waals surface area contributed by atoms with E-state index in [9.17, 15) is 8.42 Å². The van der Waals surface area contributed by atoms with Crippen molar-refractivity contribution in [1.82, 2.24) is 5.32 Å². The average molecular weight is 297 g/mol. The van der Waals surface area contributed by atoms with Crippen LogP contribution in [0.1, 0.15) is 38.8 Å². The summed E-state index contributed by atoms with van der Waals surface area (Å²) in [7, 11) is -3.04. The molecule has 0 aliphatic carbocycles. The Morgan fingerprint density at radius 3 is 2.05 bits per heavy atom. The molecule has 114 valence electrons. The first-order chi connectivity index (χ1) is 9.12. The number of sulfone groups is 1. The van der Waals surface area contributed by atoms with Gasteiger partial charge in [-0.3, -0.25) is 0 Å². The van der Waals surface area contributed by atoms with Crippen LogP contribution in [0.15, 0.2) is 24.3 Å². The standard InChI is InChI=1S/C16H27NO2S/c1-13(2)10-14-6-8-15(9-7-14)11-17-12-16(3,4)20(5,18)19/h6-9,13,17H,10-12H2,1-5H3. The zero-order valence-corrected chi connectivity index (χ0v) is 14.0. The molecular formula is C16H27NO2S. The van der Waals surface area contributed by atoms with Gasteiger partial charge in [-0.05, 0) is 37.3 Å². The third-order valence-corrected chi connectivity index (χ3v) is 5.70. The Bertz CT molecular complexity index is 516. The molecule has 0 atom stereocenters. The van der Waals surface area contributed by atoms with E-state index in [-0.39, 0.29) is 0 Å². The fourth-order valence-electron chi connectivity index (χ4n) is 1.90. The van der Waals surface area contributed by atoms with Gasteiger partial charge in [-0.1, -0.05) is 38.1 Å². The van der Waals surface area contributed by atoms with Crippen molar-refractivity contribution in [3.63, 3.8) is 0 Å². The van der Waals surface area contributed by atoms with Crippen molar-refractivity contribution >= 4 is 9.84 Å². The molecule has 0 fully saturated rings. The van der Waals surface area contributed by atoms with Gasteiger partial charge in [0.25, 0.3) is 0 Å². The van der Waals surface area contributed by atoms with Gasteiger partial charge in [-0.2, -0.15) is 0 Å². The van der Waals surface area contributed by atoms with Crippen LogP contribution < -0.4 is 5.32 Å². The average Bonchev–Trinajstić information content (AvgIpc) is 2.29. The van der Waals surface area contributed by atoms with Crippen LogP contribution in [-0.2, 0) is 22.8 Å². The minimum absolute atomic E-state index is 0.458. The van der Waals surface area contributed by atoms with E-state index in [2.05, 4.69) is 43.4 Å². The van der Waals surface area contributed by atoms with Crippen molar-refractivity contribution in [1.29, 1.82) is 0 Å². The first kappa shape index (κ1) is 17.2. The minimum Gasteiger partial charge on any atom is -0.311 e. The summed E-state index contributed by atoms with van der Waals surface area (Å²) in [6.45, 7) is 9.08. The molecule has 0 saturated carbocycles. The molecule has 1 aromatic carbocycles. The molecule has 4 heteroatoms. The normalized spacial score (nSPS) is 12.9. The van der Waals surface area contributed by atoms with Gasteiger partial charge in [-0.25, -0.2) is 8.42 Å². The van der Waals surface area contributed by atoms with E-state index in [4.69, 9.17) is 0 Å². The molecule has 0 aliphatic heterocycles. The van der Waals surface area contributed by atoms with Crippen molar-refractivity contribution in [2.75, 3.05) is 12.8 Å². The van der Waals surface area contributed by atoms with E-state index in [1.165, 1.54) is 17.4 Å². The van der Waals surface area contributed by atoms with Crippen molar-refractivity contribution in [3.8, 4) is 0 Å². The molecule has 1 rings (SSSR count). The van der Waals surface area contributed by atoms with E-state index < -0.39 is 14.6 Å². The molecule has 0 saturated heterocycles. The molecule has 0 aromatic heterocycles. The lowest BCUT2D eigenvalue weighted by molar-refractivity contribution is 0.521. The highest BCUT2D eigenvalue weighted by molar-refractivity contribution is 7.92. The first-order valence-electron chi connectivity index (χ1n) is 7.10. The number of hydrogen-bond donors (Lipinski definition) is 1. The van der Waals surface area contributed by atoms with Crippen molar-refractivity contribution in [2.24, 2.45) is 5.92 Å². The summed E-state index contributed by atoms with van der Waals surface area (Å²) in [5, 5.41) is 3.23. The predicted octanol–water partition coefficient (Wildman–Crippen LogP) is 2.80. The van der Waals surface area contributed by atoms with E-state index in [1.54, 1.807) is 13.8 Å². The molecule has 20 heavy (non-hydrogen) atoms. The first-order valence-corrected chi connectivity index (χ1v) is 8.99. The Balaban J connectivity index is 2.51. The number of hydrogen-bond acceptors (Lipinski definition) is 3. The van der Waals surface area contributed by atoms with Crippen LogP contribution in [-0.4, -0.2) is 26.0 Å². The lowest BCUT2D eigenvalue weighted by Gasteiger charge is -2.22. The SMILES string of the molecule is CC(C)Cc1ccc(CNCC(C)(C)S(C)(=O)=O)cc1. The van der Waals surface area contributed by atoms with Gasteiger partial charge in [0.2, 0.25) is 0 Å². The lowest BCUT2D eigenvalue weighted by Crippen LogP contribution is -2.41. The van der Waals surface area contributed by atoms with Gasteiger partial charge >= 0.3 is 0 Å². The quantitative estimate of drug-likeness (QED) is 0.842. The van der Waals surface area contributed by atoms with Crippen molar-refractivity contribution in [3.05, 3.63) is 35.4 Å². The molecular weight excluding hydrogens is 270 g/mol. The highest BCUT2D eigenvalue weighted by atomic mass is 32.2. The van der Waals surface area contributed by atoms with Gasteiger partial charge in [0.15, 0.2) is 9.84 Å². The van der Waals surface area contributed by atoms with Gasteiger partial charge in [0.1, 0.15) is 0 Å². The van der Waals surface area contributed by atoms with Crippen LogP contribution in [0.5, 0.6) is 0 Å². The molecule has 0 bridgehead atoms. The van der Waals surface area contributed by atoms with Gasteiger partial charge in [0, 0.05) is 19.3 Å². The molecule has 0 unspecified atom stereocenters. The van der Waals surface area contributed by atoms with E-state index in [0.29, 0.717) is 19.0 Å². The molecule has 1 N–H and O–H groups in total. The minimum atomic E-state index is -3.04. The summed E-state index contributed by atoms with van der Waals surface area (Å²) in [5.41, 5.74) is 2.53. The summed E-state index contributed by atoms with van der Waals surface area (Å²) in [5.74, 6) is 0.662. The molecule has 1 aromatic rings. The number of nitrogens with one attached hydrogen (secondary N) is 1. The fourth-order valence-corrected chi connectivity index (χ4v) is 2.27. The van der Waals surface area contributed by atoms with Gasteiger partial charge in [-0.15, -0.1) is 0 Å². The van der Waals surface area contributed by atoms with Crippen LogP contribution in [0.2, 0.25) is 0 Å². The second-order valence-electron chi connectivity index (χ2n) is 6.55. The van der Waals surface area contributed by atoms with Crippen molar-refractivity contribution in [2.45, 2.75) is 45.4 Å². The Hall–Kier alpha value is -0.870. The van der Waals surface area contributed by atoms with E-state index >= 15 is 0 Å². The Morgan fingerprint density at radius 1 is 1.10 bits per heavy atom. The maximum atomic E-state index is 11.6. The van der Waals surface area contributed by atoms with Gasteiger partial charge in [0.05, 0.1) is 4.75 Å². The second-order valence-corrected chi connectivity index (χ2v) is 9.20. The molecule has 0 amide bonds. The summed E-state index contributed by atoms with van der Waals surface area (Å²) in [6, 6.07) is 8.52. The van der Waals surface area contributed by atoms with Crippen LogP contribution >= 0.6 is 0 Å². The molecule has 0 heterocycles. The highest BCUT2D eigenvalue weighted by Gasteiger charge is 2.29. The third kappa shape index (κ3) is 5.25. The van der Waals surface area contributed by atoms with E-state index in [0.717, 1.165) is 6.42 Å². The zero-order chi connectivity index (χ0) is 15.4. The topological polar surface area (TPSA) is 46.2 Å². The largest absolute Gasteiger partial charge is 0.311 e. The van der Waals surface area contributed by atoms with Gasteiger partial charge < -0.3 is 5.32 Å². The van der Waals surface area contributed by atoms with Crippen molar-refractivity contribution < 1.29 is 8.42 Å².